The number of hydrogen-bond acceptors (Lipinski definition) is 7. The average molecular weight is 492 g/mol. The molecule has 1 aromatic carbocycles. The Hall–Kier alpha value is -1.61. The van der Waals surface area contributed by atoms with E-state index in [1.54, 1.807) is 23.5 Å². The predicted molar refractivity (Wildman–Crippen MR) is 129 cm³/mol. The van der Waals surface area contributed by atoms with Crippen LogP contribution in [0.3, 0.4) is 0 Å². The minimum absolute atomic E-state index is 0.0189. The maximum absolute atomic E-state index is 11.5. The van der Waals surface area contributed by atoms with Crippen molar-refractivity contribution < 1.29 is 22.7 Å². The third-order valence-electron chi connectivity index (χ3n) is 4.01. The number of methoxy groups -OCH3 is 2. The maximum atomic E-state index is 11.5. The number of esters is 1. The number of thiophene rings is 1. The Labute approximate surface area is 195 Å². The molecule has 2 heterocycles. The van der Waals surface area contributed by atoms with E-state index in [4.69, 9.17) is 20.2 Å². The number of nitrogens with one attached hydrogen (secondary N) is 1. The number of halogens is 1. The second kappa shape index (κ2) is 16.1. The molecule has 6 nitrogen and oxygen atoms in total. The first-order valence-corrected chi connectivity index (χ1v) is 13.4. The molecule has 2 aromatic rings. The van der Waals surface area contributed by atoms with E-state index < -0.39 is 9.05 Å². The lowest BCUT2D eigenvalue weighted by Crippen LogP contribution is -2.22. The first kappa shape index (κ1) is 29.4. The molecule has 0 amide bonds. The van der Waals surface area contributed by atoms with E-state index in [0.717, 1.165) is 13.1 Å². The Morgan fingerprint density at radius 1 is 1.19 bits per heavy atom. The van der Waals surface area contributed by atoms with Crippen LogP contribution in [0.4, 0.5) is 0 Å². The summed E-state index contributed by atoms with van der Waals surface area (Å²) in [5.41, 5.74) is 1.25. The van der Waals surface area contributed by atoms with E-state index in [1.807, 2.05) is 19.2 Å². The van der Waals surface area contributed by atoms with Gasteiger partial charge in [-0.2, -0.15) is 11.3 Å². The molecule has 1 N–H and O–H groups in total. The molecule has 176 valence electrons. The minimum atomic E-state index is -3.64. The molecular formula is C22H34ClNO5S2. The summed E-state index contributed by atoms with van der Waals surface area (Å²) >= 11 is 1.67. The number of hydrogen-bond donors (Lipinski definition) is 1. The SMILES string of the molecule is CC.CCC.COC(=O)[C@@H]1CNC[C@H]1c1ccsc1.COc1cccc(S(=O)(=O)Cl)c1. The first-order valence-electron chi connectivity index (χ1n) is 10.2. The predicted octanol–water partition coefficient (Wildman–Crippen LogP) is 5.29. The Morgan fingerprint density at radius 2 is 1.84 bits per heavy atom. The van der Waals surface area contributed by atoms with Crippen LogP contribution in [0.15, 0.2) is 46.0 Å². The van der Waals surface area contributed by atoms with Gasteiger partial charge in [-0.15, -0.1) is 0 Å². The second-order valence-corrected chi connectivity index (χ2v) is 9.62. The fraction of sp³-hybridized carbons (Fsp3) is 0.500. The van der Waals surface area contributed by atoms with Crippen LogP contribution in [0.25, 0.3) is 0 Å². The van der Waals surface area contributed by atoms with Crippen molar-refractivity contribution in [3.63, 3.8) is 0 Å². The highest BCUT2D eigenvalue weighted by molar-refractivity contribution is 8.13. The number of carbonyl (C=O) groups is 1. The van der Waals surface area contributed by atoms with E-state index in [2.05, 4.69) is 30.6 Å². The molecule has 0 aliphatic carbocycles. The highest BCUT2D eigenvalue weighted by atomic mass is 35.7. The molecule has 0 spiro atoms. The van der Waals surface area contributed by atoms with Gasteiger partial charge in [-0.25, -0.2) is 8.42 Å². The normalized spacial score (nSPS) is 17.0. The fourth-order valence-corrected chi connectivity index (χ4v) is 4.18. The van der Waals surface area contributed by atoms with E-state index in [-0.39, 0.29) is 22.7 Å². The van der Waals surface area contributed by atoms with Crippen molar-refractivity contribution in [3.8, 4) is 5.75 Å². The van der Waals surface area contributed by atoms with Crippen molar-refractivity contribution in [2.75, 3.05) is 27.3 Å². The number of carbonyl (C=O) groups excluding carboxylic acids is 1. The molecule has 1 saturated heterocycles. The summed E-state index contributed by atoms with van der Waals surface area (Å²) in [7, 11) is 4.37. The number of rotatable bonds is 4. The van der Waals surface area contributed by atoms with Gasteiger partial charge in [0.05, 0.1) is 25.0 Å². The van der Waals surface area contributed by atoms with E-state index in [1.165, 1.54) is 38.3 Å². The van der Waals surface area contributed by atoms with Gasteiger partial charge >= 0.3 is 5.97 Å². The van der Waals surface area contributed by atoms with Gasteiger partial charge in [0.2, 0.25) is 0 Å². The third kappa shape index (κ3) is 10.5. The summed E-state index contributed by atoms with van der Waals surface area (Å²) in [6.07, 6.45) is 1.25. The minimum Gasteiger partial charge on any atom is -0.497 e. The van der Waals surface area contributed by atoms with Crippen LogP contribution in [0.5, 0.6) is 5.75 Å². The van der Waals surface area contributed by atoms with Crippen LogP contribution >= 0.6 is 22.0 Å². The zero-order chi connectivity index (χ0) is 23.9. The van der Waals surface area contributed by atoms with Crippen molar-refractivity contribution in [3.05, 3.63) is 46.7 Å². The molecule has 0 saturated carbocycles. The van der Waals surface area contributed by atoms with Crippen molar-refractivity contribution in [1.82, 2.24) is 5.32 Å². The van der Waals surface area contributed by atoms with Crippen molar-refractivity contribution in [2.45, 2.75) is 44.9 Å². The molecule has 1 aliphatic heterocycles. The molecule has 9 heteroatoms. The van der Waals surface area contributed by atoms with Crippen molar-refractivity contribution in [2.24, 2.45) is 5.92 Å². The zero-order valence-corrected chi connectivity index (χ0v) is 21.4. The molecule has 1 aromatic heterocycles. The quantitative estimate of drug-likeness (QED) is 0.462. The van der Waals surface area contributed by atoms with Crippen LogP contribution in [0.1, 0.15) is 45.6 Å². The molecule has 31 heavy (non-hydrogen) atoms. The molecular weight excluding hydrogens is 458 g/mol. The Kier molecular flexibility index (Phi) is 15.2. The van der Waals surface area contributed by atoms with Gasteiger partial charge in [-0.1, -0.05) is 40.2 Å². The third-order valence-corrected chi connectivity index (χ3v) is 6.07. The summed E-state index contributed by atoms with van der Waals surface area (Å²) in [4.78, 5) is 11.5. The lowest BCUT2D eigenvalue weighted by molar-refractivity contribution is -0.145. The van der Waals surface area contributed by atoms with Gasteiger partial charge < -0.3 is 14.8 Å². The van der Waals surface area contributed by atoms with E-state index >= 15 is 0 Å². The Bertz CT molecular complexity index is 841. The molecule has 0 radical (unpaired) electrons. The molecule has 0 unspecified atom stereocenters. The second-order valence-electron chi connectivity index (χ2n) is 6.28. The van der Waals surface area contributed by atoms with Gasteiger partial charge in [0.25, 0.3) is 9.05 Å². The van der Waals surface area contributed by atoms with Crippen LogP contribution in [0.2, 0.25) is 0 Å². The zero-order valence-electron chi connectivity index (χ0n) is 19.1. The van der Waals surface area contributed by atoms with E-state index in [9.17, 15) is 13.2 Å². The highest BCUT2D eigenvalue weighted by Crippen LogP contribution is 2.30. The summed E-state index contributed by atoms with van der Waals surface area (Å²) in [5, 5.41) is 7.38. The monoisotopic (exact) mass is 491 g/mol. The van der Waals surface area contributed by atoms with Gasteiger partial charge in [-0.05, 0) is 34.5 Å². The van der Waals surface area contributed by atoms with Crippen molar-refractivity contribution >= 4 is 37.0 Å². The standard InChI is InChI=1S/C10H13NO2S.C7H7ClO3S.C3H8.C2H6/c1-13-10(12)9-5-11-4-8(9)7-2-3-14-6-7;1-11-6-3-2-4-7(5-6)12(8,9)10;1-3-2;1-2/h2-3,6,8-9,11H,4-5H2,1H3;2-5H,1H3;3H2,1-2H3;1-2H3/t8-,9+;;;/m0.../s1. The van der Waals surface area contributed by atoms with Gasteiger partial charge in [0.15, 0.2) is 0 Å². The topological polar surface area (TPSA) is 81.7 Å². The van der Waals surface area contributed by atoms with Crippen LogP contribution in [-0.4, -0.2) is 41.7 Å². The summed E-state index contributed by atoms with van der Waals surface area (Å²) < 4.78 is 31.2. The molecule has 0 bridgehead atoms. The molecule has 1 aliphatic rings. The molecule has 3 rings (SSSR count). The number of benzene rings is 1. The fourth-order valence-electron chi connectivity index (χ4n) is 2.67. The summed E-state index contributed by atoms with van der Waals surface area (Å²) in [6.45, 7) is 9.85. The lowest BCUT2D eigenvalue weighted by atomic mass is 9.91. The van der Waals surface area contributed by atoms with Crippen molar-refractivity contribution in [1.29, 1.82) is 0 Å². The Morgan fingerprint density at radius 3 is 2.32 bits per heavy atom. The lowest BCUT2D eigenvalue weighted by Gasteiger charge is -2.14. The highest BCUT2D eigenvalue weighted by Gasteiger charge is 2.34. The summed E-state index contributed by atoms with van der Waals surface area (Å²) in [5.74, 6) is 0.631. The molecule has 1 fully saturated rings. The van der Waals surface area contributed by atoms with Crippen LogP contribution in [-0.2, 0) is 18.6 Å². The van der Waals surface area contributed by atoms with E-state index in [0.29, 0.717) is 5.75 Å². The number of ether oxygens (including phenoxy) is 2. The Balaban J connectivity index is 0.000000486. The van der Waals surface area contributed by atoms with Gasteiger partial charge in [-0.3, -0.25) is 4.79 Å². The van der Waals surface area contributed by atoms with Crippen LogP contribution < -0.4 is 10.1 Å². The summed E-state index contributed by atoms with van der Waals surface area (Å²) in [6, 6.07) is 8.06. The maximum Gasteiger partial charge on any atom is 0.310 e. The first-order chi connectivity index (χ1) is 14.8. The average Bonchev–Trinajstić information content (AvgIpc) is 3.47. The van der Waals surface area contributed by atoms with Gasteiger partial charge in [0, 0.05) is 35.8 Å². The molecule has 2 atom stereocenters. The van der Waals surface area contributed by atoms with Gasteiger partial charge in [0.1, 0.15) is 5.75 Å². The largest absolute Gasteiger partial charge is 0.497 e. The van der Waals surface area contributed by atoms with Crippen LogP contribution in [0, 0.1) is 5.92 Å². The smallest absolute Gasteiger partial charge is 0.310 e.